The van der Waals surface area contributed by atoms with Gasteiger partial charge in [0.1, 0.15) is 0 Å². The highest BCUT2D eigenvalue weighted by atomic mass is 79.9. The summed E-state index contributed by atoms with van der Waals surface area (Å²) in [6, 6.07) is 12.8. The quantitative estimate of drug-likeness (QED) is 0.819. The molecule has 0 heterocycles. The summed E-state index contributed by atoms with van der Waals surface area (Å²) in [4.78, 5) is 0.270. The summed E-state index contributed by atoms with van der Waals surface area (Å²) >= 11 is 3.46. The van der Waals surface area contributed by atoms with Gasteiger partial charge in [-0.1, -0.05) is 28.1 Å². The molecule has 2 aromatic carbocycles. The summed E-state index contributed by atoms with van der Waals surface area (Å²) in [6.07, 6.45) is 2.91. The van der Waals surface area contributed by atoms with Gasteiger partial charge in [-0.2, -0.15) is 0 Å². The second-order valence-corrected chi connectivity index (χ2v) is 8.02. The maximum atomic E-state index is 12.4. The highest BCUT2D eigenvalue weighted by molar-refractivity contribution is 9.10. The summed E-state index contributed by atoms with van der Waals surface area (Å²) in [6.45, 7) is 0.296. The fraction of sp³-hybridized carbons (Fsp3) is 0.176. The first-order chi connectivity index (χ1) is 11.0. The molecule has 2 N–H and O–H groups in total. The number of nitrogens with one attached hydrogen (secondary N) is 2. The Morgan fingerprint density at radius 2 is 1.87 bits per heavy atom. The lowest BCUT2D eigenvalue weighted by molar-refractivity contribution is 0.586. The molecule has 0 spiro atoms. The van der Waals surface area contributed by atoms with Crippen LogP contribution in [0.3, 0.4) is 0 Å². The van der Waals surface area contributed by atoms with Crippen molar-refractivity contribution in [2.75, 3.05) is 18.9 Å². The molecule has 0 aromatic heterocycles. The zero-order chi connectivity index (χ0) is 16.4. The van der Waals surface area contributed by atoms with Crippen molar-refractivity contribution in [2.24, 2.45) is 0 Å². The van der Waals surface area contributed by atoms with Crippen LogP contribution in [0.25, 0.3) is 5.57 Å². The molecule has 4 nitrogen and oxygen atoms in total. The molecule has 0 fully saturated rings. The van der Waals surface area contributed by atoms with Crippen molar-refractivity contribution in [3.63, 3.8) is 0 Å². The van der Waals surface area contributed by atoms with Crippen LogP contribution in [0, 0.1) is 0 Å². The number of rotatable bonds is 5. The SMILES string of the molecule is CNc1ccc(S(=O)(=O)NCC2=CCc3cc(Br)ccc32)cc1. The minimum atomic E-state index is -3.51. The maximum absolute atomic E-state index is 12.4. The fourth-order valence-corrected chi connectivity index (χ4v) is 4.03. The largest absolute Gasteiger partial charge is 0.388 e. The van der Waals surface area contributed by atoms with Crippen LogP contribution in [0.1, 0.15) is 11.1 Å². The first-order valence-corrected chi connectivity index (χ1v) is 9.52. The molecule has 6 heteroatoms. The topological polar surface area (TPSA) is 58.2 Å². The van der Waals surface area contributed by atoms with Crippen LogP contribution in [0.5, 0.6) is 0 Å². The predicted octanol–water partition coefficient (Wildman–Crippen LogP) is 3.41. The average Bonchev–Trinajstić information content (AvgIpc) is 2.95. The van der Waals surface area contributed by atoms with Gasteiger partial charge in [-0.3, -0.25) is 0 Å². The van der Waals surface area contributed by atoms with E-state index < -0.39 is 10.0 Å². The van der Waals surface area contributed by atoms with Crippen LogP contribution in [-0.2, 0) is 16.4 Å². The number of benzene rings is 2. The number of hydrogen-bond acceptors (Lipinski definition) is 3. The van der Waals surface area contributed by atoms with Gasteiger partial charge in [-0.25, -0.2) is 13.1 Å². The van der Waals surface area contributed by atoms with Crippen molar-refractivity contribution in [3.05, 3.63) is 64.1 Å². The summed E-state index contributed by atoms with van der Waals surface area (Å²) in [5.41, 5.74) is 4.22. The van der Waals surface area contributed by atoms with Crippen LogP contribution < -0.4 is 10.0 Å². The Bertz CT molecular complexity index is 859. The Hall–Kier alpha value is -1.63. The highest BCUT2D eigenvalue weighted by Gasteiger charge is 2.18. The highest BCUT2D eigenvalue weighted by Crippen LogP contribution is 2.29. The third-order valence-electron chi connectivity index (χ3n) is 3.89. The van der Waals surface area contributed by atoms with Crippen molar-refractivity contribution < 1.29 is 8.42 Å². The minimum Gasteiger partial charge on any atom is -0.388 e. The molecule has 0 unspecified atom stereocenters. The van der Waals surface area contributed by atoms with E-state index in [1.165, 1.54) is 5.56 Å². The van der Waals surface area contributed by atoms with Gasteiger partial charge in [-0.05, 0) is 59.5 Å². The fourth-order valence-electron chi connectivity index (χ4n) is 2.61. The Kier molecular flexibility index (Phi) is 4.57. The van der Waals surface area contributed by atoms with Gasteiger partial charge < -0.3 is 5.32 Å². The van der Waals surface area contributed by atoms with Crippen molar-refractivity contribution in [1.29, 1.82) is 0 Å². The molecule has 0 amide bonds. The van der Waals surface area contributed by atoms with Crippen molar-refractivity contribution >= 4 is 37.2 Å². The normalized spacial score (nSPS) is 13.6. The van der Waals surface area contributed by atoms with E-state index in [1.54, 1.807) is 31.3 Å². The van der Waals surface area contributed by atoms with Crippen molar-refractivity contribution in [3.8, 4) is 0 Å². The number of halogens is 1. The van der Waals surface area contributed by atoms with E-state index >= 15 is 0 Å². The molecular weight excluding hydrogens is 376 g/mol. The smallest absolute Gasteiger partial charge is 0.240 e. The van der Waals surface area contributed by atoms with E-state index in [1.807, 2.05) is 12.1 Å². The minimum absolute atomic E-state index is 0.270. The Morgan fingerprint density at radius 3 is 2.57 bits per heavy atom. The van der Waals surface area contributed by atoms with Gasteiger partial charge in [0.05, 0.1) is 4.90 Å². The van der Waals surface area contributed by atoms with Gasteiger partial charge in [0.15, 0.2) is 0 Å². The molecule has 0 radical (unpaired) electrons. The third-order valence-corrected chi connectivity index (χ3v) is 5.80. The first-order valence-electron chi connectivity index (χ1n) is 7.25. The lowest BCUT2D eigenvalue weighted by Gasteiger charge is -2.10. The standard InChI is InChI=1S/C17H17BrN2O2S/c1-19-15-5-7-16(8-6-15)23(21,22)20-11-13-3-2-12-10-14(18)4-9-17(12)13/h3-10,19-20H,2,11H2,1H3. The molecule has 1 aliphatic carbocycles. The average molecular weight is 393 g/mol. The zero-order valence-electron chi connectivity index (χ0n) is 12.6. The number of anilines is 1. The molecule has 0 atom stereocenters. The monoisotopic (exact) mass is 392 g/mol. The van der Waals surface area contributed by atoms with Gasteiger partial charge in [0, 0.05) is 23.8 Å². The number of hydrogen-bond donors (Lipinski definition) is 2. The van der Waals surface area contributed by atoms with E-state index in [9.17, 15) is 8.42 Å². The second-order valence-electron chi connectivity index (χ2n) is 5.33. The molecule has 23 heavy (non-hydrogen) atoms. The van der Waals surface area contributed by atoms with Gasteiger partial charge in [0.2, 0.25) is 10.0 Å². The van der Waals surface area contributed by atoms with E-state index in [0.717, 1.165) is 27.7 Å². The lowest BCUT2D eigenvalue weighted by Crippen LogP contribution is -2.25. The van der Waals surface area contributed by atoms with Gasteiger partial charge >= 0.3 is 0 Å². The third kappa shape index (κ3) is 3.49. The van der Waals surface area contributed by atoms with Gasteiger partial charge in [0.25, 0.3) is 0 Å². The molecule has 1 aliphatic rings. The molecule has 0 saturated carbocycles. The first kappa shape index (κ1) is 16.2. The summed E-state index contributed by atoms with van der Waals surface area (Å²) in [5, 5.41) is 2.97. The van der Waals surface area contributed by atoms with Crippen molar-refractivity contribution in [2.45, 2.75) is 11.3 Å². The van der Waals surface area contributed by atoms with Crippen LogP contribution in [-0.4, -0.2) is 22.0 Å². The van der Waals surface area contributed by atoms with E-state index in [4.69, 9.17) is 0 Å². The van der Waals surface area contributed by atoms with E-state index in [-0.39, 0.29) is 4.90 Å². The molecule has 3 rings (SSSR count). The van der Waals surface area contributed by atoms with E-state index in [2.05, 4.69) is 38.1 Å². The summed E-state index contributed by atoms with van der Waals surface area (Å²) in [5.74, 6) is 0. The molecule has 0 saturated heterocycles. The van der Waals surface area contributed by atoms with Crippen LogP contribution in [0.15, 0.2) is 57.9 Å². The maximum Gasteiger partial charge on any atom is 0.240 e. The van der Waals surface area contributed by atoms with E-state index in [0.29, 0.717) is 6.54 Å². The molecule has 120 valence electrons. The summed E-state index contributed by atoms with van der Waals surface area (Å²) < 4.78 is 28.5. The van der Waals surface area contributed by atoms with Crippen molar-refractivity contribution in [1.82, 2.24) is 4.72 Å². The Morgan fingerprint density at radius 1 is 1.13 bits per heavy atom. The summed E-state index contributed by atoms with van der Waals surface area (Å²) in [7, 11) is -1.72. The van der Waals surface area contributed by atoms with Crippen LogP contribution in [0.4, 0.5) is 5.69 Å². The Balaban J connectivity index is 1.73. The Labute approximate surface area is 144 Å². The predicted molar refractivity (Wildman–Crippen MR) is 97.0 cm³/mol. The molecule has 0 aliphatic heterocycles. The molecular formula is C17H17BrN2O2S. The van der Waals surface area contributed by atoms with Gasteiger partial charge in [-0.15, -0.1) is 0 Å². The number of allylic oxidation sites excluding steroid dienone is 1. The number of sulfonamides is 1. The lowest BCUT2D eigenvalue weighted by atomic mass is 10.1. The van der Waals surface area contributed by atoms with Crippen LogP contribution in [0.2, 0.25) is 0 Å². The number of fused-ring (bicyclic) bond motifs is 1. The zero-order valence-corrected chi connectivity index (χ0v) is 15.0. The molecule has 0 bridgehead atoms. The second kappa shape index (κ2) is 6.47. The molecule has 2 aromatic rings. The van der Waals surface area contributed by atoms with Crippen LogP contribution >= 0.6 is 15.9 Å².